The molecule has 0 aromatic heterocycles. The van der Waals surface area contributed by atoms with Crippen LogP contribution >= 0.6 is 0 Å². The van der Waals surface area contributed by atoms with Crippen LogP contribution in [0.5, 0.6) is 0 Å². The zero-order valence-corrected chi connectivity index (χ0v) is 19.4. The van der Waals surface area contributed by atoms with E-state index < -0.39 is 0 Å². The second kappa shape index (κ2) is 9.80. The second-order valence-electron chi connectivity index (χ2n) is 10.4. The van der Waals surface area contributed by atoms with Gasteiger partial charge in [0.15, 0.2) is 0 Å². The number of carbonyl (C=O) groups is 1. The molecule has 1 aromatic rings. The Morgan fingerprint density at radius 1 is 1.17 bits per heavy atom. The number of benzene rings is 1. The number of amides is 1. The summed E-state index contributed by atoms with van der Waals surface area (Å²) in [6.07, 6.45) is 8.04. The molecule has 30 heavy (non-hydrogen) atoms. The number of halogens is 1. The summed E-state index contributed by atoms with van der Waals surface area (Å²) in [5, 5.41) is 3.42. The van der Waals surface area contributed by atoms with E-state index in [1.54, 1.807) is 0 Å². The van der Waals surface area contributed by atoms with Gasteiger partial charge >= 0.3 is 0 Å². The van der Waals surface area contributed by atoms with Crippen LogP contribution in [0.3, 0.4) is 0 Å². The molecule has 1 aliphatic heterocycles. The van der Waals surface area contributed by atoms with E-state index in [4.69, 9.17) is 0 Å². The largest absolute Gasteiger partial charge is 0.342 e. The number of nitrogens with zero attached hydrogens (tertiary/aromatic N) is 1. The van der Waals surface area contributed by atoms with E-state index >= 15 is 0 Å². The SMILES string of the molecule is CC1CC2CC(C)(C(=O)N(C)C3CCNCC3)CC(c3ccccc3)(C1)C2.CCF. The van der Waals surface area contributed by atoms with E-state index in [1.165, 1.54) is 31.7 Å². The highest BCUT2D eigenvalue weighted by Crippen LogP contribution is 2.58. The number of rotatable bonds is 3. The van der Waals surface area contributed by atoms with Crippen LogP contribution in [0.15, 0.2) is 30.3 Å². The number of carbonyl (C=O) groups excluding carboxylic acids is 1. The van der Waals surface area contributed by atoms with E-state index in [0.29, 0.717) is 17.9 Å². The third-order valence-electron chi connectivity index (χ3n) is 7.70. The minimum absolute atomic E-state index is 0.182. The average molecular weight is 417 g/mol. The molecule has 0 spiro atoms. The predicted molar refractivity (Wildman–Crippen MR) is 122 cm³/mol. The maximum Gasteiger partial charge on any atom is 0.228 e. The normalized spacial score (nSPS) is 33.9. The van der Waals surface area contributed by atoms with Crippen molar-refractivity contribution in [2.24, 2.45) is 17.3 Å². The Kier molecular flexibility index (Phi) is 7.60. The lowest BCUT2D eigenvalue weighted by Gasteiger charge is -2.55. The number of hydrogen-bond donors (Lipinski definition) is 1. The van der Waals surface area contributed by atoms with Gasteiger partial charge in [0.1, 0.15) is 0 Å². The number of piperidine rings is 1. The van der Waals surface area contributed by atoms with Crippen molar-refractivity contribution in [1.29, 1.82) is 0 Å². The Bertz CT molecular complexity index is 686. The Morgan fingerprint density at radius 3 is 2.43 bits per heavy atom. The first-order valence-electron chi connectivity index (χ1n) is 11.9. The van der Waals surface area contributed by atoms with Crippen molar-refractivity contribution >= 4 is 5.91 Å². The highest BCUT2D eigenvalue weighted by atomic mass is 19.1. The second-order valence-corrected chi connectivity index (χ2v) is 10.4. The Morgan fingerprint density at radius 2 is 1.80 bits per heavy atom. The quantitative estimate of drug-likeness (QED) is 0.721. The molecule has 4 rings (SSSR count). The van der Waals surface area contributed by atoms with Crippen molar-refractivity contribution in [2.45, 2.75) is 77.2 Å². The summed E-state index contributed by atoms with van der Waals surface area (Å²) in [7, 11) is 2.06. The molecule has 0 radical (unpaired) electrons. The summed E-state index contributed by atoms with van der Waals surface area (Å²) < 4.78 is 10.3. The van der Waals surface area contributed by atoms with Crippen LogP contribution in [0.4, 0.5) is 4.39 Å². The van der Waals surface area contributed by atoms with Gasteiger partial charge in [-0.05, 0) is 87.8 Å². The molecule has 3 fully saturated rings. The maximum absolute atomic E-state index is 13.7. The lowest BCUT2D eigenvalue weighted by molar-refractivity contribution is -0.149. The van der Waals surface area contributed by atoms with Gasteiger partial charge in [-0.1, -0.05) is 44.2 Å². The standard InChI is InChI=1S/C24H36N2O.C2H5F/c1-18-13-19-15-23(2,22(27)26(3)21-9-11-25-12-10-21)17-24(14-18,16-19)20-7-5-4-6-8-20;1-2-3/h4-8,18-19,21,25H,9-17H2,1-3H3;2H2,1H3. The highest BCUT2D eigenvalue weighted by molar-refractivity contribution is 5.83. The summed E-state index contributed by atoms with van der Waals surface area (Å²) in [6.45, 7) is 7.96. The average Bonchev–Trinajstić information content (AvgIpc) is 2.73. The van der Waals surface area contributed by atoms with Gasteiger partial charge in [0.2, 0.25) is 5.91 Å². The van der Waals surface area contributed by atoms with Crippen molar-refractivity contribution in [3.8, 4) is 0 Å². The first-order chi connectivity index (χ1) is 14.3. The van der Waals surface area contributed by atoms with Gasteiger partial charge in [-0.2, -0.15) is 0 Å². The molecular weight excluding hydrogens is 375 g/mol. The minimum atomic E-state index is -0.250. The van der Waals surface area contributed by atoms with Gasteiger partial charge in [-0.3, -0.25) is 9.18 Å². The smallest absolute Gasteiger partial charge is 0.228 e. The summed E-state index contributed by atoms with van der Waals surface area (Å²) in [4.78, 5) is 15.8. The van der Waals surface area contributed by atoms with Gasteiger partial charge in [0, 0.05) is 18.5 Å². The fourth-order valence-corrected chi connectivity index (χ4v) is 6.87. The summed E-state index contributed by atoms with van der Waals surface area (Å²) in [6, 6.07) is 11.5. The molecule has 1 N–H and O–H groups in total. The molecule has 3 aliphatic rings. The molecule has 1 saturated heterocycles. The predicted octanol–water partition coefficient (Wildman–Crippen LogP) is 5.35. The summed E-state index contributed by atoms with van der Waals surface area (Å²) >= 11 is 0. The number of nitrogens with one attached hydrogen (secondary N) is 1. The number of hydrogen-bond acceptors (Lipinski definition) is 2. The Labute approximate surface area is 182 Å². The lowest BCUT2D eigenvalue weighted by Crippen LogP contribution is -2.55. The van der Waals surface area contributed by atoms with Crippen molar-refractivity contribution in [3.05, 3.63) is 35.9 Å². The first kappa shape index (κ1) is 23.2. The number of alkyl halides is 1. The summed E-state index contributed by atoms with van der Waals surface area (Å²) in [5.74, 6) is 1.83. The molecular formula is C26H41FN2O. The van der Waals surface area contributed by atoms with Crippen LogP contribution in [-0.4, -0.2) is 43.7 Å². The van der Waals surface area contributed by atoms with Gasteiger partial charge in [0.05, 0.1) is 6.67 Å². The first-order valence-corrected chi connectivity index (χ1v) is 11.9. The lowest BCUT2D eigenvalue weighted by atomic mass is 9.50. The molecule has 2 saturated carbocycles. The molecule has 1 aromatic carbocycles. The van der Waals surface area contributed by atoms with Crippen molar-refractivity contribution < 1.29 is 9.18 Å². The maximum atomic E-state index is 13.7. The molecule has 4 atom stereocenters. The van der Waals surface area contributed by atoms with Gasteiger partial charge in [0.25, 0.3) is 0 Å². The van der Waals surface area contributed by atoms with Gasteiger partial charge < -0.3 is 10.2 Å². The topological polar surface area (TPSA) is 32.3 Å². The van der Waals surface area contributed by atoms with Crippen LogP contribution in [0.25, 0.3) is 0 Å². The van der Waals surface area contributed by atoms with E-state index in [-0.39, 0.29) is 17.5 Å². The Hall–Kier alpha value is -1.42. The third kappa shape index (κ3) is 4.90. The molecule has 2 bridgehead atoms. The molecule has 1 heterocycles. The zero-order valence-electron chi connectivity index (χ0n) is 19.4. The summed E-state index contributed by atoms with van der Waals surface area (Å²) in [5.41, 5.74) is 1.42. The van der Waals surface area contributed by atoms with E-state index in [2.05, 4.69) is 61.4 Å². The molecule has 4 heteroatoms. The molecule has 4 unspecified atom stereocenters. The minimum Gasteiger partial charge on any atom is -0.342 e. The van der Waals surface area contributed by atoms with Crippen LogP contribution < -0.4 is 5.32 Å². The monoisotopic (exact) mass is 416 g/mol. The van der Waals surface area contributed by atoms with Gasteiger partial charge in [-0.25, -0.2) is 0 Å². The van der Waals surface area contributed by atoms with Crippen molar-refractivity contribution in [2.75, 3.05) is 26.8 Å². The van der Waals surface area contributed by atoms with E-state index in [0.717, 1.165) is 44.7 Å². The van der Waals surface area contributed by atoms with Crippen LogP contribution in [0.1, 0.15) is 71.3 Å². The number of fused-ring (bicyclic) bond motifs is 2. The zero-order chi connectivity index (χ0) is 21.8. The van der Waals surface area contributed by atoms with Crippen molar-refractivity contribution in [1.82, 2.24) is 10.2 Å². The van der Waals surface area contributed by atoms with Crippen LogP contribution in [0.2, 0.25) is 0 Å². The Balaban J connectivity index is 0.000000806. The molecule has 2 aliphatic carbocycles. The highest BCUT2D eigenvalue weighted by Gasteiger charge is 2.54. The van der Waals surface area contributed by atoms with Gasteiger partial charge in [-0.15, -0.1) is 0 Å². The van der Waals surface area contributed by atoms with Crippen LogP contribution in [-0.2, 0) is 10.2 Å². The molecule has 1 amide bonds. The van der Waals surface area contributed by atoms with Crippen LogP contribution in [0, 0.1) is 17.3 Å². The van der Waals surface area contributed by atoms with E-state index in [9.17, 15) is 9.18 Å². The van der Waals surface area contributed by atoms with E-state index in [1.807, 2.05) is 0 Å². The third-order valence-corrected chi connectivity index (χ3v) is 7.70. The molecule has 168 valence electrons. The fraction of sp³-hybridized carbons (Fsp3) is 0.731. The van der Waals surface area contributed by atoms with Crippen molar-refractivity contribution in [3.63, 3.8) is 0 Å². The fourth-order valence-electron chi connectivity index (χ4n) is 6.87. The molecule has 3 nitrogen and oxygen atoms in total.